The van der Waals surface area contributed by atoms with Gasteiger partial charge in [-0.2, -0.15) is 5.10 Å². The predicted octanol–water partition coefficient (Wildman–Crippen LogP) is 3.08. The zero-order valence-corrected chi connectivity index (χ0v) is 15.9. The number of piperidine rings is 1. The Bertz CT molecular complexity index is 1070. The van der Waals surface area contributed by atoms with Crippen molar-refractivity contribution >= 4 is 16.8 Å². The molecule has 3 aliphatic rings. The summed E-state index contributed by atoms with van der Waals surface area (Å²) in [7, 11) is 0. The third-order valence-corrected chi connectivity index (χ3v) is 6.87. The number of aryl methyl sites for hydroxylation is 1. The number of aromatic amines is 2. The average Bonchev–Trinajstić information content (AvgIpc) is 3.43. The van der Waals surface area contributed by atoms with E-state index in [2.05, 4.69) is 39.4 Å². The summed E-state index contributed by atoms with van der Waals surface area (Å²) in [5.74, 6) is 0.0712. The molecule has 6 rings (SSSR count). The van der Waals surface area contributed by atoms with Crippen LogP contribution in [-0.2, 0) is 29.6 Å². The van der Waals surface area contributed by atoms with Gasteiger partial charge < -0.3 is 14.6 Å². The summed E-state index contributed by atoms with van der Waals surface area (Å²) in [5.41, 5.74) is 6.44. The highest BCUT2D eigenvalue weighted by molar-refractivity contribution is 5.94. The lowest BCUT2D eigenvalue weighted by Crippen LogP contribution is -2.48. The third-order valence-electron chi connectivity index (χ3n) is 6.87. The Hall–Kier alpha value is -2.60. The molecule has 144 valence electrons. The number of carbonyl (C=O) groups is 1. The number of para-hydroxylation sites is 1. The highest BCUT2D eigenvalue weighted by Gasteiger charge is 2.44. The number of likely N-dealkylation sites (tertiary alicyclic amines) is 1. The molecule has 6 nitrogen and oxygen atoms in total. The van der Waals surface area contributed by atoms with Crippen molar-refractivity contribution in [3.8, 4) is 0 Å². The Morgan fingerprint density at radius 1 is 1.11 bits per heavy atom. The van der Waals surface area contributed by atoms with Crippen LogP contribution in [0.25, 0.3) is 10.9 Å². The van der Waals surface area contributed by atoms with Crippen molar-refractivity contribution in [2.75, 3.05) is 19.7 Å². The van der Waals surface area contributed by atoms with Crippen LogP contribution < -0.4 is 0 Å². The number of H-pyrrole nitrogens is 2. The Balaban J connectivity index is 1.28. The zero-order valence-electron chi connectivity index (χ0n) is 15.9. The van der Waals surface area contributed by atoms with Gasteiger partial charge in [-0.3, -0.25) is 9.89 Å². The van der Waals surface area contributed by atoms with Gasteiger partial charge in [-0.05, 0) is 50.2 Å². The molecule has 1 fully saturated rings. The topological polar surface area (TPSA) is 74.0 Å². The quantitative estimate of drug-likeness (QED) is 0.685. The standard InChI is InChI=1S/C22H24N4O2/c27-21(19-16-5-3-7-18(16)24-25-19)26-11-9-22(10-12-26)20-15(8-13-28-22)14-4-1-2-6-17(14)23-20/h1-2,4,6,23H,3,5,7-13H2,(H,24,25). The van der Waals surface area contributed by atoms with E-state index in [0.717, 1.165) is 56.4 Å². The van der Waals surface area contributed by atoms with Crippen LogP contribution in [0.3, 0.4) is 0 Å². The summed E-state index contributed by atoms with van der Waals surface area (Å²) in [6, 6.07) is 8.50. The minimum atomic E-state index is -0.295. The molecule has 4 heterocycles. The molecule has 0 radical (unpaired) electrons. The Morgan fingerprint density at radius 3 is 2.86 bits per heavy atom. The molecular weight excluding hydrogens is 352 g/mol. The molecule has 2 aromatic heterocycles. The van der Waals surface area contributed by atoms with E-state index in [4.69, 9.17) is 4.74 Å². The van der Waals surface area contributed by atoms with Crippen molar-refractivity contribution in [2.45, 2.75) is 44.1 Å². The lowest BCUT2D eigenvalue weighted by molar-refractivity contribution is -0.0957. The molecule has 1 amide bonds. The van der Waals surface area contributed by atoms with E-state index in [9.17, 15) is 4.79 Å². The van der Waals surface area contributed by atoms with Gasteiger partial charge in [0, 0.05) is 35.2 Å². The maximum absolute atomic E-state index is 13.1. The predicted molar refractivity (Wildman–Crippen MR) is 105 cm³/mol. The van der Waals surface area contributed by atoms with E-state index in [1.165, 1.54) is 22.2 Å². The molecule has 0 saturated carbocycles. The monoisotopic (exact) mass is 376 g/mol. The first-order chi connectivity index (χ1) is 13.8. The normalized spacial score (nSPS) is 20.5. The number of ether oxygens (including phenoxy) is 1. The summed E-state index contributed by atoms with van der Waals surface area (Å²) in [4.78, 5) is 18.7. The lowest BCUT2D eigenvalue weighted by Gasteiger charge is -2.43. The zero-order chi connectivity index (χ0) is 18.7. The van der Waals surface area contributed by atoms with E-state index < -0.39 is 0 Å². The number of hydrogen-bond acceptors (Lipinski definition) is 3. The Morgan fingerprint density at radius 2 is 1.96 bits per heavy atom. The molecule has 3 aromatic rings. The van der Waals surface area contributed by atoms with E-state index in [1.54, 1.807) is 0 Å². The van der Waals surface area contributed by atoms with Crippen LogP contribution in [0.15, 0.2) is 24.3 Å². The second-order valence-corrected chi connectivity index (χ2v) is 8.29. The Labute approximate surface area is 163 Å². The molecule has 0 unspecified atom stereocenters. The fraction of sp³-hybridized carbons (Fsp3) is 0.455. The van der Waals surface area contributed by atoms with Crippen molar-refractivity contribution in [1.29, 1.82) is 0 Å². The molecule has 1 spiro atoms. The third kappa shape index (κ3) is 2.24. The fourth-order valence-corrected chi connectivity index (χ4v) is 5.38. The molecule has 1 aliphatic carbocycles. The van der Waals surface area contributed by atoms with Gasteiger partial charge in [-0.1, -0.05) is 18.2 Å². The minimum absolute atomic E-state index is 0.0712. The number of aromatic nitrogens is 3. The van der Waals surface area contributed by atoms with Crippen LogP contribution in [0.2, 0.25) is 0 Å². The second-order valence-electron chi connectivity index (χ2n) is 8.29. The average molecular weight is 376 g/mol. The van der Waals surface area contributed by atoms with Crippen LogP contribution in [0, 0.1) is 0 Å². The molecule has 1 saturated heterocycles. The molecule has 28 heavy (non-hydrogen) atoms. The van der Waals surface area contributed by atoms with Crippen molar-refractivity contribution in [3.05, 3.63) is 52.5 Å². The Kier molecular flexibility index (Phi) is 3.48. The van der Waals surface area contributed by atoms with Crippen molar-refractivity contribution in [2.24, 2.45) is 0 Å². The largest absolute Gasteiger partial charge is 0.368 e. The number of nitrogens with zero attached hydrogens (tertiary/aromatic N) is 2. The number of carbonyl (C=O) groups excluding carboxylic acids is 1. The van der Waals surface area contributed by atoms with Gasteiger partial charge >= 0.3 is 0 Å². The number of benzene rings is 1. The molecule has 2 N–H and O–H groups in total. The number of rotatable bonds is 1. The summed E-state index contributed by atoms with van der Waals surface area (Å²) < 4.78 is 6.36. The van der Waals surface area contributed by atoms with Gasteiger partial charge in [-0.25, -0.2) is 0 Å². The van der Waals surface area contributed by atoms with Crippen LogP contribution >= 0.6 is 0 Å². The van der Waals surface area contributed by atoms with Gasteiger partial charge in [0.05, 0.1) is 12.3 Å². The first-order valence-corrected chi connectivity index (χ1v) is 10.3. The minimum Gasteiger partial charge on any atom is -0.368 e. The lowest BCUT2D eigenvalue weighted by atomic mass is 9.83. The molecular formula is C22H24N4O2. The van der Waals surface area contributed by atoms with E-state index in [1.807, 2.05) is 4.90 Å². The summed E-state index contributed by atoms with van der Waals surface area (Å²) in [6.45, 7) is 2.15. The van der Waals surface area contributed by atoms with Crippen LogP contribution in [-0.4, -0.2) is 45.7 Å². The van der Waals surface area contributed by atoms with Gasteiger partial charge in [0.15, 0.2) is 5.69 Å². The first-order valence-electron chi connectivity index (χ1n) is 10.3. The van der Waals surface area contributed by atoms with Crippen molar-refractivity contribution < 1.29 is 9.53 Å². The molecule has 6 heteroatoms. The highest BCUT2D eigenvalue weighted by atomic mass is 16.5. The van der Waals surface area contributed by atoms with E-state index in [-0.39, 0.29) is 11.5 Å². The maximum atomic E-state index is 13.1. The smallest absolute Gasteiger partial charge is 0.274 e. The number of hydrogen-bond donors (Lipinski definition) is 2. The van der Waals surface area contributed by atoms with E-state index in [0.29, 0.717) is 18.8 Å². The van der Waals surface area contributed by atoms with Crippen molar-refractivity contribution in [3.63, 3.8) is 0 Å². The fourth-order valence-electron chi connectivity index (χ4n) is 5.38. The second kappa shape index (κ2) is 5.95. The SMILES string of the molecule is O=C(c1n[nH]c2c1CCC2)N1CCC2(CC1)OCCc1c2[nH]c2ccccc12. The van der Waals surface area contributed by atoms with Crippen LogP contribution in [0.4, 0.5) is 0 Å². The van der Waals surface area contributed by atoms with Gasteiger partial charge in [0.1, 0.15) is 5.60 Å². The first kappa shape index (κ1) is 16.4. The van der Waals surface area contributed by atoms with E-state index >= 15 is 0 Å². The van der Waals surface area contributed by atoms with Gasteiger partial charge in [0.25, 0.3) is 5.91 Å². The molecule has 0 bridgehead atoms. The van der Waals surface area contributed by atoms with Gasteiger partial charge in [-0.15, -0.1) is 0 Å². The number of nitrogens with one attached hydrogen (secondary N) is 2. The van der Waals surface area contributed by atoms with Gasteiger partial charge in [0.2, 0.25) is 0 Å². The van der Waals surface area contributed by atoms with Crippen molar-refractivity contribution in [1.82, 2.24) is 20.1 Å². The molecule has 2 aliphatic heterocycles. The summed E-state index contributed by atoms with van der Waals surface area (Å²) in [6.07, 6.45) is 5.69. The number of fused-ring (bicyclic) bond motifs is 5. The summed E-state index contributed by atoms with van der Waals surface area (Å²) >= 11 is 0. The van der Waals surface area contributed by atoms with Crippen LogP contribution in [0.1, 0.15) is 52.3 Å². The summed E-state index contributed by atoms with van der Waals surface area (Å²) in [5, 5.41) is 8.70. The maximum Gasteiger partial charge on any atom is 0.274 e. The van der Waals surface area contributed by atoms with Crippen LogP contribution in [0.5, 0.6) is 0 Å². The molecule has 0 atom stereocenters. The number of amides is 1. The highest BCUT2D eigenvalue weighted by Crippen LogP contribution is 2.43. The molecule has 1 aromatic carbocycles.